The van der Waals surface area contributed by atoms with Crippen molar-refractivity contribution < 1.29 is 9.90 Å². The lowest BCUT2D eigenvalue weighted by molar-refractivity contribution is -0.130. The van der Waals surface area contributed by atoms with E-state index in [2.05, 4.69) is 41.5 Å². The van der Waals surface area contributed by atoms with E-state index in [-0.39, 0.29) is 16.7 Å². The van der Waals surface area contributed by atoms with E-state index in [0.717, 1.165) is 22.3 Å². The van der Waals surface area contributed by atoms with E-state index in [1.165, 1.54) is 16.8 Å². The summed E-state index contributed by atoms with van der Waals surface area (Å²) in [5, 5.41) is 14.1. The van der Waals surface area contributed by atoms with Crippen LogP contribution >= 0.6 is 24.0 Å². The van der Waals surface area contributed by atoms with Gasteiger partial charge in [-0.25, -0.2) is 10.0 Å². The van der Waals surface area contributed by atoms with E-state index in [0.29, 0.717) is 15.0 Å². The van der Waals surface area contributed by atoms with Crippen molar-refractivity contribution in [2.24, 2.45) is 0 Å². The van der Waals surface area contributed by atoms with Crippen LogP contribution in [0.2, 0.25) is 0 Å². The minimum atomic E-state index is -0.219. The molecule has 1 amide bonds. The van der Waals surface area contributed by atoms with Gasteiger partial charge in [0.15, 0.2) is 4.32 Å². The highest BCUT2D eigenvalue weighted by Crippen LogP contribution is 2.43. The van der Waals surface area contributed by atoms with Crippen LogP contribution in [0.1, 0.15) is 65.2 Å². The van der Waals surface area contributed by atoms with E-state index in [9.17, 15) is 9.90 Å². The lowest BCUT2D eigenvalue weighted by Crippen LogP contribution is -2.40. The Morgan fingerprint density at radius 1 is 1.07 bits per heavy atom. The summed E-state index contributed by atoms with van der Waals surface area (Å²) >= 11 is 6.71. The molecule has 0 bridgehead atoms. The highest BCUT2D eigenvalue weighted by Gasteiger charge is 2.36. The number of thiocarbonyl (C=S) groups is 1. The summed E-state index contributed by atoms with van der Waals surface area (Å²) in [7, 11) is 3.61. The quantitative estimate of drug-likeness (QED) is 0.550. The average molecular weight is 407 g/mol. The van der Waals surface area contributed by atoms with Gasteiger partial charge in [-0.05, 0) is 41.0 Å². The number of carbonyl (C=O) groups is 1. The molecule has 148 valence electrons. The van der Waals surface area contributed by atoms with Gasteiger partial charge in [0.2, 0.25) is 0 Å². The third-order valence-electron chi connectivity index (χ3n) is 4.65. The number of hydrazine groups is 1. The minimum absolute atomic E-state index is 0.102. The molecule has 27 heavy (non-hydrogen) atoms. The zero-order valence-electron chi connectivity index (χ0n) is 17.7. The molecule has 0 spiro atoms. The predicted octanol–water partition coefficient (Wildman–Crippen LogP) is 5.06. The van der Waals surface area contributed by atoms with Crippen molar-refractivity contribution in [2.75, 3.05) is 14.1 Å². The van der Waals surface area contributed by atoms with Crippen LogP contribution in [0.15, 0.2) is 17.0 Å². The third-order valence-corrected chi connectivity index (χ3v) is 6.10. The molecule has 0 unspecified atom stereocenters. The first-order valence-corrected chi connectivity index (χ1v) is 10.2. The number of phenols is 1. The van der Waals surface area contributed by atoms with E-state index >= 15 is 0 Å². The number of hydrogen-bond acceptors (Lipinski definition) is 5. The Morgan fingerprint density at radius 3 is 1.85 bits per heavy atom. The van der Waals surface area contributed by atoms with Gasteiger partial charge < -0.3 is 5.11 Å². The van der Waals surface area contributed by atoms with Crippen LogP contribution in [0.4, 0.5) is 0 Å². The fourth-order valence-corrected chi connectivity index (χ4v) is 4.51. The van der Waals surface area contributed by atoms with Gasteiger partial charge >= 0.3 is 0 Å². The van der Waals surface area contributed by atoms with Gasteiger partial charge in [0, 0.05) is 25.2 Å². The van der Waals surface area contributed by atoms with Crippen LogP contribution < -0.4 is 0 Å². The summed E-state index contributed by atoms with van der Waals surface area (Å²) in [6.45, 7) is 14.4. The molecule has 1 saturated heterocycles. The molecule has 1 aliphatic heterocycles. The molecule has 1 N–H and O–H groups in total. The monoisotopic (exact) mass is 406 g/mol. The number of benzene rings is 1. The Morgan fingerprint density at radius 2 is 1.52 bits per heavy atom. The number of amides is 1. The van der Waals surface area contributed by atoms with Gasteiger partial charge in [-0.2, -0.15) is 0 Å². The topological polar surface area (TPSA) is 43.8 Å². The predicted molar refractivity (Wildman–Crippen MR) is 119 cm³/mol. The SMILES string of the molecule is C/C(=C1\SC(=S)N(N(C)C)C1=O)c1cc(C(C)(C)C)c(O)c(C(C)(C)C)c1. The molecule has 2 rings (SSSR count). The molecule has 1 aromatic rings. The summed E-state index contributed by atoms with van der Waals surface area (Å²) in [5.74, 6) is 0.239. The Hall–Kier alpha value is -1.37. The zero-order valence-corrected chi connectivity index (χ0v) is 19.4. The lowest BCUT2D eigenvalue weighted by Gasteiger charge is -2.28. The summed E-state index contributed by atoms with van der Waals surface area (Å²) in [4.78, 5) is 13.5. The molecular formula is C21H30N2O2S2. The summed E-state index contributed by atoms with van der Waals surface area (Å²) in [6.07, 6.45) is 0. The molecule has 0 aromatic heterocycles. The number of aromatic hydroxyl groups is 1. The second-order valence-electron chi connectivity index (χ2n) is 9.21. The summed E-state index contributed by atoms with van der Waals surface area (Å²) in [6, 6.07) is 4.00. The normalized spacial score (nSPS) is 17.9. The maximum Gasteiger partial charge on any atom is 0.281 e. The minimum Gasteiger partial charge on any atom is -0.507 e. The number of carbonyl (C=O) groups excluding carboxylic acids is 1. The maximum absolute atomic E-state index is 12.9. The van der Waals surface area contributed by atoms with Gasteiger partial charge in [-0.15, -0.1) is 0 Å². The average Bonchev–Trinajstić information content (AvgIpc) is 2.79. The fraction of sp³-hybridized carbons (Fsp3) is 0.524. The molecule has 6 heteroatoms. The van der Waals surface area contributed by atoms with Crippen molar-refractivity contribution in [3.05, 3.63) is 33.7 Å². The highest BCUT2D eigenvalue weighted by atomic mass is 32.2. The number of rotatable bonds is 2. The highest BCUT2D eigenvalue weighted by molar-refractivity contribution is 8.26. The maximum atomic E-state index is 12.9. The smallest absolute Gasteiger partial charge is 0.281 e. The van der Waals surface area contributed by atoms with Crippen LogP contribution in [0.5, 0.6) is 5.75 Å². The van der Waals surface area contributed by atoms with Gasteiger partial charge in [-0.1, -0.05) is 65.5 Å². The van der Waals surface area contributed by atoms with Crippen molar-refractivity contribution in [2.45, 2.75) is 59.3 Å². The number of thioether (sulfide) groups is 1. The van der Waals surface area contributed by atoms with Gasteiger partial charge in [0.25, 0.3) is 5.91 Å². The van der Waals surface area contributed by atoms with Crippen molar-refractivity contribution in [1.82, 2.24) is 10.0 Å². The molecule has 0 saturated carbocycles. The molecule has 0 atom stereocenters. The number of phenolic OH excluding ortho intramolecular Hbond substituents is 1. The Bertz CT molecular complexity index is 793. The second kappa shape index (κ2) is 7.22. The molecule has 1 aliphatic rings. The van der Waals surface area contributed by atoms with Crippen LogP contribution in [0, 0.1) is 0 Å². The largest absolute Gasteiger partial charge is 0.507 e. The molecule has 1 heterocycles. The fourth-order valence-electron chi connectivity index (χ4n) is 3.06. The Kier molecular flexibility index (Phi) is 5.87. The van der Waals surface area contributed by atoms with E-state index in [1.54, 1.807) is 19.1 Å². The molecule has 0 aliphatic carbocycles. The molecule has 4 nitrogen and oxygen atoms in total. The molecular weight excluding hydrogens is 376 g/mol. The first kappa shape index (κ1) is 21.9. The van der Waals surface area contributed by atoms with Crippen molar-refractivity contribution in [1.29, 1.82) is 0 Å². The van der Waals surface area contributed by atoms with E-state index < -0.39 is 0 Å². The number of allylic oxidation sites excluding steroid dienone is 1. The Balaban J connectivity index is 2.72. The van der Waals surface area contributed by atoms with Crippen LogP contribution in [-0.2, 0) is 15.6 Å². The molecule has 0 radical (unpaired) electrons. The van der Waals surface area contributed by atoms with Gasteiger partial charge in [0.1, 0.15) is 5.75 Å². The van der Waals surface area contributed by atoms with Gasteiger partial charge in [0.05, 0.1) is 4.91 Å². The van der Waals surface area contributed by atoms with Crippen LogP contribution in [0.3, 0.4) is 0 Å². The van der Waals surface area contributed by atoms with Gasteiger partial charge in [-0.3, -0.25) is 4.79 Å². The number of nitrogens with zero attached hydrogens (tertiary/aromatic N) is 2. The summed E-state index contributed by atoms with van der Waals surface area (Å²) < 4.78 is 0.533. The van der Waals surface area contributed by atoms with E-state index in [1.807, 2.05) is 19.1 Å². The van der Waals surface area contributed by atoms with Crippen LogP contribution in [-0.4, -0.2) is 39.4 Å². The Labute approximate surface area is 172 Å². The zero-order chi connectivity index (χ0) is 20.9. The molecule has 1 fully saturated rings. The first-order valence-electron chi connectivity index (χ1n) is 8.99. The standard InChI is InChI=1S/C21H30N2O2S2/c1-12(17-18(25)23(22(8)9)19(26)27-17)13-10-14(20(2,3)4)16(24)15(11-13)21(5,6)7/h10-11,24H,1-9H3/b17-12+. The van der Waals surface area contributed by atoms with E-state index in [4.69, 9.17) is 12.2 Å². The van der Waals surface area contributed by atoms with Crippen molar-refractivity contribution in [3.8, 4) is 5.75 Å². The molecule has 1 aromatic carbocycles. The second-order valence-corrected chi connectivity index (χ2v) is 10.9. The number of hydrogen-bond donors (Lipinski definition) is 1. The van der Waals surface area contributed by atoms with Crippen molar-refractivity contribution >= 4 is 39.8 Å². The lowest BCUT2D eigenvalue weighted by atomic mass is 9.78. The summed E-state index contributed by atoms with van der Waals surface area (Å²) in [5.41, 5.74) is 3.15. The van der Waals surface area contributed by atoms with Crippen molar-refractivity contribution in [3.63, 3.8) is 0 Å². The van der Waals surface area contributed by atoms with Crippen LogP contribution in [0.25, 0.3) is 5.57 Å². The third kappa shape index (κ3) is 4.23. The first-order chi connectivity index (χ1) is 12.2.